The SMILES string of the molecule is Cc1nn(-c2ccccc2)c2sc(-c3nnc(SCC(N)=O)n3Cc3ccco3)cc12. The molecule has 5 aromatic rings. The highest BCUT2D eigenvalue weighted by Crippen LogP contribution is 2.37. The van der Waals surface area contributed by atoms with Crippen LogP contribution in [0.15, 0.2) is 64.4 Å². The lowest BCUT2D eigenvalue weighted by Crippen LogP contribution is -2.14. The normalized spacial score (nSPS) is 11.4. The average Bonchev–Trinajstić information content (AvgIpc) is 3.54. The van der Waals surface area contributed by atoms with E-state index in [1.54, 1.807) is 17.6 Å². The predicted molar refractivity (Wildman–Crippen MR) is 120 cm³/mol. The maximum absolute atomic E-state index is 11.3. The molecule has 0 aliphatic rings. The lowest BCUT2D eigenvalue weighted by molar-refractivity contribution is -0.115. The number of furan rings is 1. The summed E-state index contributed by atoms with van der Waals surface area (Å²) in [5.41, 5.74) is 7.28. The lowest BCUT2D eigenvalue weighted by Gasteiger charge is -2.07. The summed E-state index contributed by atoms with van der Waals surface area (Å²) in [6.07, 6.45) is 1.63. The summed E-state index contributed by atoms with van der Waals surface area (Å²) >= 11 is 2.87. The number of thioether (sulfide) groups is 1. The third-order valence-electron chi connectivity index (χ3n) is 4.72. The molecule has 0 radical (unpaired) electrons. The van der Waals surface area contributed by atoms with Gasteiger partial charge in [-0.3, -0.25) is 9.36 Å². The van der Waals surface area contributed by atoms with E-state index in [0.29, 0.717) is 17.5 Å². The van der Waals surface area contributed by atoms with Crippen molar-refractivity contribution in [3.63, 3.8) is 0 Å². The molecule has 31 heavy (non-hydrogen) atoms. The molecule has 0 bridgehead atoms. The van der Waals surface area contributed by atoms with Crippen molar-refractivity contribution in [2.45, 2.75) is 18.6 Å². The Bertz CT molecular complexity index is 1350. The average molecular weight is 451 g/mol. The summed E-state index contributed by atoms with van der Waals surface area (Å²) < 4.78 is 9.43. The fourth-order valence-corrected chi connectivity index (χ4v) is 5.17. The van der Waals surface area contributed by atoms with Crippen LogP contribution < -0.4 is 5.73 Å². The van der Waals surface area contributed by atoms with Gasteiger partial charge in [-0.2, -0.15) is 5.10 Å². The number of fused-ring (bicyclic) bond motifs is 1. The minimum atomic E-state index is -0.403. The van der Waals surface area contributed by atoms with E-state index in [0.717, 1.165) is 32.2 Å². The van der Waals surface area contributed by atoms with Crippen LogP contribution in [-0.4, -0.2) is 36.2 Å². The first-order chi connectivity index (χ1) is 15.1. The standard InChI is InChI=1S/C21H18N6O2S2/c1-13-16-10-17(31-20(16)27(25-13)14-6-3-2-4-7-14)19-23-24-21(30-12-18(22)28)26(19)11-15-8-5-9-29-15/h2-10H,11-12H2,1H3,(H2,22,28). The van der Waals surface area contributed by atoms with E-state index < -0.39 is 5.91 Å². The van der Waals surface area contributed by atoms with E-state index in [2.05, 4.69) is 16.3 Å². The van der Waals surface area contributed by atoms with Gasteiger partial charge in [0.25, 0.3) is 0 Å². The van der Waals surface area contributed by atoms with Crippen molar-refractivity contribution in [1.29, 1.82) is 0 Å². The summed E-state index contributed by atoms with van der Waals surface area (Å²) in [6, 6.07) is 15.9. The van der Waals surface area contributed by atoms with Crippen molar-refractivity contribution in [2.75, 3.05) is 5.75 Å². The van der Waals surface area contributed by atoms with Crippen molar-refractivity contribution >= 4 is 39.2 Å². The van der Waals surface area contributed by atoms with Crippen LogP contribution in [0.5, 0.6) is 0 Å². The second-order valence-electron chi connectivity index (χ2n) is 6.89. The molecule has 0 aliphatic carbocycles. The topological polar surface area (TPSA) is 105 Å². The van der Waals surface area contributed by atoms with Gasteiger partial charge in [-0.1, -0.05) is 30.0 Å². The number of carbonyl (C=O) groups is 1. The quantitative estimate of drug-likeness (QED) is 0.377. The van der Waals surface area contributed by atoms with Gasteiger partial charge >= 0.3 is 0 Å². The number of nitrogens with zero attached hydrogens (tertiary/aromatic N) is 5. The van der Waals surface area contributed by atoms with Crippen LogP contribution in [-0.2, 0) is 11.3 Å². The number of hydrogen-bond donors (Lipinski definition) is 1. The number of para-hydroxylation sites is 1. The largest absolute Gasteiger partial charge is 0.467 e. The number of aromatic nitrogens is 5. The molecule has 0 spiro atoms. The second kappa shape index (κ2) is 8.05. The van der Waals surface area contributed by atoms with Crippen molar-refractivity contribution in [3.8, 4) is 16.4 Å². The molecule has 1 amide bonds. The number of thiophene rings is 1. The van der Waals surface area contributed by atoms with Crippen LogP contribution in [0.4, 0.5) is 0 Å². The number of carbonyl (C=O) groups excluding carboxylic acids is 1. The highest BCUT2D eigenvalue weighted by atomic mass is 32.2. The fraction of sp³-hybridized carbons (Fsp3) is 0.143. The van der Waals surface area contributed by atoms with E-state index in [4.69, 9.17) is 15.2 Å². The Morgan fingerprint density at radius 3 is 2.77 bits per heavy atom. The van der Waals surface area contributed by atoms with Gasteiger partial charge in [-0.15, -0.1) is 21.5 Å². The molecule has 2 N–H and O–H groups in total. The first-order valence-corrected chi connectivity index (χ1v) is 11.3. The van der Waals surface area contributed by atoms with E-state index in [-0.39, 0.29) is 5.75 Å². The molecule has 156 valence electrons. The number of amides is 1. The summed E-state index contributed by atoms with van der Waals surface area (Å²) in [5.74, 6) is 1.21. The molecular formula is C21H18N6O2S2. The summed E-state index contributed by atoms with van der Waals surface area (Å²) in [5, 5.41) is 15.1. The molecule has 0 fully saturated rings. The molecule has 0 unspecified atom stereocenters. The number of rotatable bonds is 7. The molecule has 0 atom stereocenters. The first kappa shape index (κ1) is 19.6. The smallest absolute Gasteiger partial charge is 0.227 e. The fourth-order valence-electron chi connectivity index (χ4n) is 3.32. The molecule has 4 heterocycles. The van der Waals surface area contributed by atoms with Crippen molar-refractivity contribution in [2.24, 2.45) is 5.73 Å². The van der Waals surface area contributed by atoms with Gasteiger partial charge in [0, 0.05) is 5.39 Å². The zero-order chi connectivity index (χ0) is 21.4. The third-order valence-corrected chi connectivity index (χ3v) is 6.82. The van der Waals surface area contributed by atoms with E-state index >= 15 is 0 Å². The van der Waals surface area contributed by atoms with Gasteiger partial charge in [-0.05, 0) is 37.3 Å². The monoisotopic (exact) mass is 450 g/mol. The zero-order valence-electron chi connectivity index (χ0n) is 16.6. The molecule has 5 rings (SSSR count). The Morgan fingerprint density at radius 1 is 1.19 bits per heavy atom. The maximum Gasteiger partial charge on any atom is 0.227 e. The van der Waals surface area contributed by atoms with Crippen molar-refractivity contribution in [3.05, 3.63) is 66.2 Å². The van der Waals surface area contributed by atoms with Gasteiger partial charge in [-0.25, -0.2) is 4.68 Å². The van der Waals surface area contributed by atoms with Crippen LogP contribution in [0.25, 0.3) is 26.6 Å². The van der Waals surface area contributed by atoms with E-state index in [1.165, 1.54) is 11.8 Å². The number of benzene rings is 1. The van der Waals surface area contributed by atoms with Crippen LogP contribution in [0.1, 0.15) is 11.5 Å². The van der Waals surface area contributed by atoms with Gasteiger partial charge in [0.15, 0.2) is 11.0 Å². The predicted octanol–water partition coefficient (Wildman–Crippen LogP) is 3.87. The van der Waals surface area contributed by atoms with Crippen LogP contribution >= 0.6 is 23.1 Å². The van der Waals surface area contributed by atoms with Crippen molar-refractivity contribution in [1.82, 2.24) is 24.5 Å². The van der Waals surface area contributed by atoms with Crippen molar-refractivity contribution < 1.29 is 9.21 Å². The first-order valence-electron chi connectivity index (χ1n) is 9.52. The molecule has 8 nitrogen and oxygen atoms in total. The minimum Gasteiger partial charge on any atom is -0.467 e. The van der Waals surface area contributed by atoms with Gasteiger partial charge in [0.1, 0.15) is 10.6 Å². The lowest BCUT2D eigenvalue weighted by atomic mass is 10.3. The molecule has 4 aromatic heterocycles. The zero-order valence-corrected chi connectivity index (χ0v) is 18.2. The highest BCUT2D eigenvalue weighted by molar-refractivity contribution is 7.99. The summed E-state index contributed by atoms with van der Waals surface area (Å²) in [7, 11) is 0. The number of nitrogens with two attached hydrogens (primary N) is 1. The van der Waals surface area contributed by atoms with E-state index in [9.17, 15) is 4.79 Å². The Hall–Kier alpha value is -3.37. The Kier molecular flexibility index (Phi) is 5.08. The van der Waals surface area contributed by atoms with Gasteiger partial charge < -0.3 is 10.2 Å². The molecular weight excluding hydrogens is 432 g/mol. The Morgan fingerprint density at radius 2 is 2.03 bits per heavy atom. The van der Waals surface area contributed by atoms with Gasteiger partial charge in [0.2, 0.25) is 5.91 Å². The Labute approximate surface area is 185 Å². The third kappa shape index (κ3) is 3.75. The minimum absolute atomic E-state index is 0.130. The van der Waals surface area contributed by atoms with E-state index in [1.807, 2.05) is 58.6 Å². The molecule has 0 saturated carbocycles. The number of aryl methyl sites for hydroxylation is 1. The van der Waals surface area contributed by atoms with Crippen LogP contribution in [0, 0.1) is 6.92 Å². The van der Waals surface area contributed by atoms with Crippen LogP contribution in [0.2, 0.25) is 0 Å². The molecule has 0 saturated heterocycles. The summed E-state index contributed by atoms with van der Waals surface area (Å²) in [6.45, 7) is 2.45. The Balaban J connectivity index is 1.60. The molecule has 10 heteroatoms. The maximum atomic E-state index is 11.3. The summed E-state index contributed by atoms with van der Waals surface area (Å²) in [4.78, 5) is 13.3. The van der Waals surface area contributed by atoms with Gasteiger partial charge in [0.05, 0.1) is 34.8 Å². The molecule has 1 aromatic carbocycles. The van der Waals surface area contributed by atoms with Crippen LogP contribution in [0.3, 0.4) is 0 Å². The number of hydrogen-bond acceptors (Lipinski definition) is 7. The molecule has 0 aliphatic heterocycles. The number of primary amides is 1. The highest BCUT2D eigenvalue weighted by Gasteiger charge is 2.21. The second-order valence-corrected chi connectivity index (χ2v) is 8.86.